The van der Waals surface area contributed by atoms with Crippen molar-refractivity contribution in [2.75, 3.05) is 24.5 Å². The quantitative estimate of drug-likeness (QED) is 0.697. The Bertz CT molecular complexity index is 892. The Labute approximate surface area is 161 Å². The van der Waals surface area contributed by atoms with Gasteiger partial charge in [0.15, 0.2) is 0 Å². The number of piperidine rings is 1. The van der Waals surface area contributed by atoms with E-state index in [4.69, 9.17) is 11.6 Å². The molecule has 0 saturated carbocycles. The molecule has 0 bridgehead atoms. The van der Waals surface area contributed by atoms with Crippen LogP contribution in [0, 0.1) is 5.92 Å². The highest BCUT2D eigenvalue weighted by atomic mass is 35.5. The van der Waals surface area contributed by atoms with Gasteiger partial charge in [0.2, 0.25) is 11.9 Å². The normalized spacial score (nSPS) is 17.6. The van der Waals surface area contributed by atoms with Crippen molar-refractivity contribution in [3.8, 4) is 0 Å². The van der Waals surface area contributed by atoms with Crippen LogP contribution in [0.3, 0.4) is 0 Å². The molecule has 1 atom stereocenters. The van der Waals surface area contributed by atoms with Crippen LogP contribution < -0.4 is 10.2 Å². The monoisotopic (exact) mass is 388 g/mol. The van der Waals surface area contributed by atoms with Crippen LogP contribution in [0.15, 0.2) is 35.7 Å². The third kappa shape index (κ3) is 3.86. The molecule has 0 aliphatic carbocycles. The van der Waals surface area contributed by atoms with Gasteiger partial charge in [0.25, 0.3) is 0 Å². The van der Waals surface area contributed by atoms with Crippen LogP contribution in [0.1, 0.15) is 17.7 Å². The number of carbonyl (C=O) groups excluding carboxylic acids is 1. The number of amides is 1. The van der Waals surface area contributed by atoms with Crippen molar-refractivity contribution in [2.24, 2.45) is 5.92 Å². The van der Waals surface area contributed by atoms with E-state index in [1.807, 2.05) is 24.3 Å². The summed E-state index contributed by atoms with van der Waals surface area (Å²) in [5.74, 6) is 0.965. The first kappa shape index (κ1) is 17.4. The van der Waals surface area contributed by atoms with Crippen molar-refractivity contribution in [1.29, 1.82) is 0 Å². The van der Waals surface area contributed by atoms with E-state index in [1.54, 1.807) is 11.3 Å². The van der Waals surface area contributed by atoms with Crippen molar-refractivity contribution in [3.63, 3.8) is 0 Å². The molecule has 1 fully saturated rings. The molecule has 1 aliphatic rings. The smallest absolute Gasteiger partial charge is 0.224 e. The summed E-state index contributed by atoms with van der Waals surface area (Å²) in [6.45, 7) is 2.30. The molecule has 0 radical (unpaired) electrons. The van der Waals surface area contributed by atoms with Crippen LogP contribution >= 0.6 is 22.9 Å². The number of aromatic nitrogens is 2. The SMILES string of the molecule is O=C(NCCc1cccs1)C1CCCN(c2nc3ccc(Cl)cc3[nH]2)C1. The molecule has 2 aromatic heterocycles. The lowest BCUT2D eigenvalue weighted by Crippen LogP contribution is -2.43. The van der Waals surface area contributed by atoms with E-state index in [9.17, 15) is 4.79 Å². The molecule has 3 aromatic rings. The molecule has 0 spiro atoms. The van der Waals surface area contributed by atoms with E-state index >= 15 is 0 Å². The van der Waals surface area contributed by atoms with Gasteiger partial charge in [-0.15, -0.1) is 11.3 Å². The maximum atomic E-state index is 12.5. The summed E-state index contributed by atoms with van der Waals surface area (Å²) in [7, 11) is 0. The minimum Gasteiger partial charge on any atom is -0.355 e. The van der Waals surface area contributed by atoms with Gasteiger partial charge in [0.1, 0.15) is 0 Å². The molecule has 136 valence electrons. The topological polar surface area (TPSA) is 61.0 Å². The third-order valence-corrected chi connectivity index (χ3v) is 5.95. The van der Waals surface area contributed by atoms with Crippen LogP contribution in [0.5, 0.6) is 0 Å². The van der Waals surface area contributed by atoms with Crippen molar-refractivity contribution in [2.45, 2.75) is 19.3 Å². The summed E-state index contributed by atoms with van der Waals surface area (Å²) in [5.41, 5.74) is 1.82. The second-order valence-corrected chi connectivity index (χ2v) is 8.10. The second kappa shape index (κ2) is 7.68. The number of imidazole rings is 1. The molecule has 4 rings (SSSR count). The fourth-order valence-electron chi connectivity index (χ4n) is 3.41. The first-order valence-corrected chi connectivity index (χ1v) is 10.1. The Kier molecular flexibility index (Phi) is 5.13. The van der Waals surface area contributed by atoms with Gasteiger partial charge in [-0.05, 0) is 48.9 Å². The fourth-order valence-corrected chi connectivity index (χ4v) is 4.29. The van der Waals surface area contributed by atoms with Crippen molar-refractivity contribution >= 4 is 45.8 Å². The number of nitrogens with zero attached hydrogens (tertiary/aromatic N) is 2. The van der Waals surface area contributed by atoms with E-state index in [0.29, 0.717) is 18.1 Å². The lowest BCUT2D eigenvalue weighted by molar-refractivity contribution is -0.125. The predicted octanol–water partition coefficient (Wildman–Crippen LogP) is 3.85. The second-order valence-electron chi connectivity index (χ2n) is 6.63. The molecule has 1 aromatic carbocycles. The highest BCUT2D eigenvalue weighted by molar-refractivity contribution is 7.09. The Balaban J connectivity index is 1.37. The lowest BCUT2D eigenvalue weighted by atomic mass is 9.97. The van der Waals surface area contributed by atoms with Crippen molar-refractivity contribution in [1.82, 2.24) is 15.3 Å². The van der Waals surface area contributed by atoms with Gasteiger partial charge >= 0.3 is 0 Å². The summed E-state index contributed by atoms with van der Waals surface area (Å²) in [6, 6.07) is 9.78. The van der Waals surface area contributed by atoms with Gasteiger partial charge in [-0.3, -0.25) is 4.79 Å². The van der Waals surface area contributed by atoms with Gasteiger partial charge in [0.05, 0.1) is 17.0 Å². The lowest BCUT2D eigenvalue weighted by Gasteiger charge is -2.31. The average molecular weight is 389 g/mol. The molecule has 1 unspecified atom stereocenters. The maximum absolute atomic E-state index is 12.5. The number of fused-ring (bicyclic) bond motifs is 1. The molecule has 1 saturated heterocycles. The number of aromatic amines is 1. The zero-order valence-electron chi connectivity index (χ0n) is 14.4. The maximum Gasteiger partial charge on any atom is 0.224 e. The predicted molar refractivity (Wildman–Crippen MR) is 107 cm³/mol. The number of hydrogen-bond acceptors (Lipinski definition) is 4. The van der Waals surface area contributed by atoms with Gasteiger partial charge < -0.3 is 15.2 Å². The number of halogens is 1. The average Bonchev–Trinajstić information content (AvgIpc) is 3.31. The molecule has 3 heterocycles. The number of carbonyl (C=O) groups is 1. The standard InChI is InChI=1S/C19H21ClN4OS/c20-14-5-6-16-17(11-14)23-19(22-16)24-9-1-3-13(12-24)18(25)21-8-7-15-4-2-10-26-15/h2,4-6,10-11,13H,1,3,7-9,12H2,(H,21,25)(H,22,23). The zero-order chi connectivity index (χ0) is 17.9. The molecule has 1 aliphatic heterocycles. The number of anilines is 1. The van der Waals surface area contributed by atoms with Crippen LogP contribution in [-0.2, 0) is 11.2 Å². The number of rotatable bonds is 5. The first-order valence-electron chi connectivity index (χ1n) is 8.89. The van der Waals surface area contributed by atoms with E-state index in [-0.39, 0.29) is 11.8 Å². The van der Waals surface area contributed by atoms with Crippen LogP contribution in [-0.4, -0.2) is 35.5 Å². The minimum atomic E-state index is 0.00360. The summed E-state index contributed by atoms with van der Waals surface area (Å²) < 4.78 is 0. The van der Waals surface area contributed by atoms with Crippen LogP contribution in [0.4, 0.5) is 5.95 Å². The molecule has 5 nitrogen and oxygen atoms in total. The number of hydrogen-bond donors (Lipinski definition) is 2. The van der Waals surface area contributed by atoms with Crippen molar-refractivity contribution in [3.05, 3.63) is 45.6 Å². The van der Waals surface area contributed by atoms with Gasteiger partial charge in [-0.1, -0.05) is 17.7 Å². The van der Waals surface area contributed by atoms with E-state index in [2.05, 4.69) is 31.6 Å². The van der Waals surface area contributed by atoms with Crippen molar-refractivity contribution < 1.29 is 4.79 Å². The van der Waals surface area contributed by atoms with Crippen LogP contribution in [0.2, 0.25) is 5.02 Å². The zero-order valence-corrected chi connectivity index (χ0v) is 15.9. The van der Waals surface area contributed by atoms with Gasteiger partial charge in [0, 0.05) is 29.5 Å². The number of nitrogens with one attached hydrogen (secondary N) is 2. The van der Waals surface area contributed by atoms with E-state index < -0.39 is 0 Å². The molecule has 1 amide bonds. The summed E-state index contributed by atoms with van der Waals surface area (Å²) in [4.78, 5) is 24.0. The summed E-state index contributed by atoms with van der Waals surface area (Å²) >= 11 is 7.78. The molecule has 2 N–H and O–H groups in total. The van der Waals surface area contributed by atoms with E-state index in [0.717, 1.165) is 42.8 Å². The number of benzene rings is 1. The fraction of sp³-hybridized carbons (Fsp3) is 0.368. The summed E-state index contributed by atoms with van der Waals surface area (Å²) in [5, 5.41) is 5.85. The molecule has 7 heteroatoms. The number of thiophene rings is 1. The number of H-pyrrole nitrogens is 1. The minimum absolute atomic E-state index is 0.00360. The first-order chi connectivity index (χ1) is 12.7. The molecule has 26 heavy (non-hydrogen) atoms. The highest BCUT2D eigenvalue weighted by Gasteiger charge is 2.27. The molecular weight excluding hydrogens is 368 g/mol. The van der Waals surface area contributed by atoms with E-state index in [1.165, 1.54) is 4.88 Å². The van der Waals surface area contributed by atoms with Gasteiger partial charge in [-0.25, -0.2) is 4.98 Å². The van der Waals surface area contributed by atoms with Gasteiger partial charge in [-0.2, -0.15) is 0 Å². The largest absolute Gasteiger partial charge is 0.355 e. The Morgan fingerprint density at radius 1 is 1.42 bits per heavy atom. The van der Waals surface area contributed by atoms with Crippen LogP contribution in [0.25, 0.3) is 11.0 Å². The Morgan fingerprint density at radius 3 is 3.19 bits per heavy atom. The Morgan fingerprint density at radius 2 is 2.35 bits per heavy atom. The molecular formula is C19H21ClN4OS. The Hall–Kier alpha value is -2.05. The highest BCUT2D eigenvalue weighted by Crippen LogP contribution is 2.25. The third-order valence-electron chi connectivity index (χ3n) is 4.77. The summed E-state index contributed by atoms with van der Waals surface area (Å²) in [6.07, 6.45) is 2.80.